The maximum atomic E-state index is 13.7. The first-order valence-electron chi connectivity index (χ1n) is 49.0. The van der Waals surface area contributed by atoms with Gasteiger partial charge < -0.3 is 71.3 Å². The Kier molecular flexibility index (Phi) is 59.6. The number of alkyl halides is 1. The predicted octanol–water partition coefficient (Wildman–Crippen LogP) is 9.86. The molecule has 5 amide bonds. The van der Waals surface area contributed by atoms with E-state index in [0.29, 0.717) is 123 Å². The van der Waals surface area contributed by atoms with Crippen LogP contribution in [0.4, 0.5) is 0 Å². The molecule has 0 aliphatic carbocycles. The van der Waals surface area contributed by atoms with Crippen LogP contribution in [-0.2, 0) is 129 Å². The summed E-state index contributed by atoms with van der Waals surface area (Å²) >= 11 is 5.67. The van der Waals surface area contributed by atoms with E-state index in [2.05, 4.69) is 40.4 Å². The number of Topliss-reactive ketones (excluding diaryl/α,β-unsaturated/α-hetero) is 5. The van der Waals surface area contributed by atoms with Crippen LogP contribution in [0.25, 0.3) is 0 Å². The van der Waals surface area contributed by atoms with E-state index < -0.39 is 95.1 Å². The topological polar surface area (TPSA) is 423 Å². The van der Waals surface area contributed by atoms with Crippen molar-refractivity contribution < 1.29 is 120 Å². The zero-order chi connectivity index (χ0) is 101. The number of aryl methyl sites for hydroxylation is 3. The van der Waals surface area contributed by atoms with Crippen LogP contribution < -0.4 is 51.2 Å². The fourth-order valence-electron chi connectivity index (χ4n) is 16.5. The number of ketones is 5. The van der Waals surface area contributed by atoms with Gasteiger partial charge in [-0.3, -0.25) is 72.1 Å². The van der Waals surface area contributed by atoms with E-state index >= 15 is 0 Å². The van der Waals surface area contributed by atoms with E-state index in [1.165, 1.54) is 33.5 Å². The molecular weight excluding hydrogens is 1800 g/mol. The number of carboxylic acids is 1. The molecule has 10 rings (SSSR count). The summed E-state index contributed by atoms with van der Waals surface area (Å²) in [5.74, 6) is -6.95. The summed E-state index contributed by atoms with van der Waals surface area (Å²) in [5, 5.41) is 24.1. The average molecular weight is 1950 g/mol. The summed E-state index contributed by atoms with van der Waals surface area (Å²) in [6.45, 7) is 25.0. The van der Waals surface area contributed by atoms with Crippen LogP contribution in [-0.4, -0.2) is 238 Å². The second kappa shape index (κ2) is 68.2. The number of carboxylic acid groups (broad SMARTS) is 1. The van der Waals surface area contributed by atoms with Crippen LogP contribution in [0.5, 0.6) is 0 Å². The van der Waals surface area contributed by atoms with Gasteiger partial charge in [0.2, 0.25) is 29.5 Å². The molecule has 6 aromatic rings. The molecule has 9 N–H and O–H groups in total. The molecule has 4 aliphatic rings. The molecule has 0 spiro atoms. The number of hydrogen-bond donors (Lipinski definition) is 7. The number of hydrogen-bond acceptors (Lipinski definition) is 23. The number of carbonyl (C=O) groups is 13. The third-order valence-electron chi connectivity index (χ3n) is 24.1. The number of nitrogens with two attached hydrogens (primary N) is 1. The number of ether oxygens (including phenoxy) is 6. The minimum absolute atomic E-state index is 0. The van der Waals surface area contributed by atoms with Gasteiger partial charge in [-0.1, -0.05) is 237 Å². The van der Waals surface area contributed by atoms with E-state index in [1.807, 2.05) is 233 Å². The predicted molar refractivity (Wildman–Crippen MR) is 535 cm³/mol. The van der Waals surface area contributed by atoms with Crippen LogP contribution in [0.1, 0.15) is 192 Å². The zero-order valence-electron chi connectivity index (χ0n) is 84.4. The Labute approximate surface area is 846 Å². The van der Waals surface area contributed by atoms with E-state index in [0.717, 1.165) is 66.0 Å². The third kappa shape index (κ3) is 49.6. The van der Waals surface area contributed by atoms with Crippen molar-refractivity contribution in [2.24, 2.45) is 53.1 Å². The Bertz CT molecular complexity index is 4610. The van der Waals surface area contributed by atoms with Crippen LogP contribution in [0.3, 0.4) is 0 Å². The van der Waals surface area contributed by atoms with Crippen LogP contribution in [0.15, 0.2) is 182 Å². The quantitative estimate of drug-likeness (QED) is 0.00807. The van der Waals surface area contributed by atoms with E-state index in [1.54, 1.807) is 6.92 Å². The average Bonchev–Trinajstić information content (AvgIpc) is 1.65. The van der Waals surface area contributed by atoms with Crippen molar-refractivity contribution in [3.05, 3.63) is 215 Å². The fourth-order valence-corrected chi connectivity index (χ4v) is 16.5. The van der Waals surface area contributed by atoms with Gasteiger partial charge in [-0.05, 0) is 173 Å². The van der Waals surface area contributed by atoms with Gasteiger partial charge in [0.05, 0.1) is 95.8 Å². The maximum absolute atomic E-state index is 13.7. The molecule has 4 fully saturated rings. The number of nitrogens with one attached hydrogen (secondary N) is 5. The van der Waals surface area contributed by atoms with E-state index in [4.69, 9.17) is 45.8 Å². The van der Waals surface area contributed by atoms with Gasteiger partial charge in [-0.15, -0.1) is 11.6 Å². The molecular formula is C109H154ClLiN8O21. The number of nitrogens with zero attached hydrogens (tertiary/aromatic N) is 2. The Hall–Kier alpha value is -10.0. The number of aliphatic carboxylic acids is 1. The largest absolute Gasteiger partial charge is 1.00 e. The first-order chi connectivity index (χ1) is 66.1. The van der Waals surface area contributed by atoms with Gasteiger partial charge in [0.25, 0.3) is 0 Å². The first kappa shape index (κ1) is 122. The maximum Gasteiger partial charge on any atom is 1.00 e. The molecule has 4 heterocycles. The first-order valence-corrected chi connectivity index (χ1v) is 49.6. The summed E-state index contributed by atoms with van der Waals surface area (Å²) in [4.78, 5) is 172. The van der Waals surface area contributed by atoms with Gasteiger partial charge in [-0.2, -0.15) is 0 Å². The van der Waals surface area contributed by atoms with Gasteiger partial charge in [0.15, 0.2) is 23.1 Å². The Morgan fingerprint density at radius 2 is 0.757 bits per heavy atom. The molecule has 11 atom stereocenters. The van der Waals surface area contributed by atoms with Crippen molar-refractivity contribution >= 4 is 88.0 Å². The fraction of sp³-hybridized carbons (Fsp3) is 0.550. The SMILES string of the molecule is C1CCOCC1.CC(C)CC(N)C(=O)[C@@]1(C)CO1.CC(C)C[C@H](NC(=O)[C@H](CCc1ccccc1)CC(=O)CN1CCCOC1)C(=O)C[C@@H](Cc1ccccc1)C(=O)O.COC(=O)[C@@H](CC(=O)[C@H](CC(C)C)NC(=O)[C@H](CCc1ccccc1)NC(=O)CCl)Cc1ccccc1.COC(=O)[C@@H](CC(=O)[C@H](CC(C)C)NC(=O)[C@H](CCc1ccccc1)NC(=O)CN1CCOCC1)Cc1ccccc1.[Li+].[OH-]. The summed E-state index contributed by atoms with van der Waals surface area (Å²) in [5.41, 5.74) is 11.0. The number of benzene rings is 6. The van der Waals surface area contributed by atoms with Crippen molar-refractivity contribution in [1.29, 1.82) is 0 Å². The molecule has 0 aromatic heterocycles. The van der Waals surface area contributed by atoms with Crippen molar-refractivity contribution in [2.75, 3.05) is 99.2 Å². The van der Waals surface area contributed by atoms with Crippen molar-refractivity contribution in [1.82, 2.24) is 36.4 Å². The minimum atomic E-state index is -1.04. The van der Waals surface area contributed by atoms with Crippen molar-refractivity contribution in [3.63, 3.8) is 0 Å². The van der Waals surface area contributed by atoms with Gasteiger partial charge in [0.1, 0.15) is 29.3 Å². The molecule has 29 nitrogen and oxygen atoms in total. The summed E-state index contributed by atoms with van der Waals surface area (Å²) < 4.78 is 30.9. The number of morpholine rings is 1. The molecule has 4 saturated heterocycles. The normalized spacial score (nSPS) is 16.6. The second-order valence-corrected chi connectivity index (χ2v) is 38.4. The van der Waals surface area contributed by atoms with Crippen LogP contribution >= 0.6 is 11.6 Å². The molecule has 0 bridgehead atoms. The molecule has 0 radical (unpaired) electrons. The third-order valence-corrected chi connectivity index (χ3v) is 24.4. The molecule has 140 heavy (non-hydrogen) atoms. The van der Waals surface area contributed by atoms with Gasteiger partial charge in [-0.25, -0.2) is 0 Å². The molecule has 1 unspecified atom stereocenters. The van der Waals surface area contributed by atoms with E-state index in [-0.39, 0.29) is 140 Å². The van der Waals surface area contributed by atoms with Crippen molar-refractivity contribution in [3.8, 4) is 0 Å². The number of amides is 5. The number of rotatable bonds is 52. The molecule has 764 valence electrons. The molecule has 0 saturated carbocycles. The summed E-state index contributed by atoms with van der Waals surface area (Å²) in [7, 11) is 2.62. The summed E-state index contributed by atoms with van der Waals surface area (Å²) in [6, 6.07) is 52.9. The van der Waals surface area contributed by atoms with E-state index in [9.17, 15) is 67.4 Å². The Morgan fingerprint density at radius 3 is 1.09 bits per heavy atom. The van der Waals surface area contributed by atoms with Gasteiger partial charge >= 0.3 is 36.8 Å². The standard InChI is InChI=1S/C33H45N3O6.C33H44N2O6.C29H37ClN2O5.C9H17NO2.C5H10O.Li.H2O/c1-24(2)20-29(30(37)22-27(33(40)41-3)21-26-12-8-5-9-13-26)35-32(39)28(15-14-25-10-6-4-7-11-25)34-31(38)23-36-16-18-42-19-17-36;1-24(2)18-30(31(37)21-28(33(39)40)19-26-12-7-4-8-13-26)34-32(38)27(15-14-25-10-5-3-6-11-25)20-29(36)22-35-16-9-17-41-23-35;1-20(2)16-25(26(33)18-23(29(36)37-3)17-22-12-8-5-9-13-22)32-28(35)24(31-27(34)19-30)15-14-21-10-6-4-7-11-21;1-6(2)4-7(10)8(11)9(3)5-12-9;1-2-4-6-5-3-1;;/h4-13,24,27-29H,14-23H2,1-3H3,(H,34,38)(H,35,39);3-8,10-13,24,27-28,30H,9,14-23H2,1-2H3,(H,34,38)(H,39,40);4-13,20,23-25H,14-19H2,1-3H3,(H,31,34)(H,32,35);6-7H,4-5,10H2,1-3H3;1-5H2;;1H2/q;;;;;+1;/p-1/t27-,28+,29+;27-,28-,30+;23-,24+,25+;7?,9-;;;/m1111.../s1. The summed E-state index contributed by atoms with van der Waals surface area (Å²) in [6.07, 6.45) is 10.4. The second-order valence-electron chi connectivity index (χ2n) is 38.1. The molecule has 31 heteroatoms. The Morgan fingerprint density at radius 1 is 0.407 bits per heavy atom. The van der Waals surface area contributed by atoms with Crippen molar-refractivity contribution in [2.45, 2.75) is 239 Å². The van der Waals surface area contributed by atoms with Crippen LogP contribution in [0, 0.1) is 47.3 Å². The zero-order valence-corrected chi connectivity index (χ0v) is 85.2. The van der Waals surface area contributed by atoms with Crippen LogP contribution in [0.2, 0.25) is 0 Å². The minimum Gasteiger partial charge on any atom is -0.870 e. The molecule has 6 aromatic carbocycles. The smallest absolute Gasteiger partial charge is 0.870 e. The van der Waals surface area contributed by atoms with Gasteiger partial charge in [0, 0.05) is 71.1 Å². The monoisotopic (exact) mass is 1950 g/mol. The number of halogens is 1. The number of methoxy groups -OCH3 is 2. The number of carbonyl (C=O) groups excluding carboxylic acids is 12. The number of epoxide rings is 1. The Balaban J connectivity index is 0.000000398. The molecule has 4 aliphatic heterocycles. The number of esters is 2.